The molecule has 2 aromatic rings. The number of imidazole rings is 1. The topological polar surface area (TPSA) is 55.6 Å². The minimum absolute atomic E-state index is 0.185. The predicted octanol–water partition coefficient (Wildman–Crippen LogP) is 0.775. The molecule has 0 amide bonds. The quantitative estimate of drug-likeness (QED) is 0.832. The number of nitrogens with one attached hydrogen (secondary N) is 1. The van der Waals surface area contributed by atoms with Crippen molar-refractivity contribution in [2.45, 2.75) is 12.5 Å². The molecule has 1 atom stereocenters. The molecule has 0 saturated carbocycles. The van der Waals surface area contributed by atoms with Crippen LogP contribution in [-0.2, 0) is 13.5 Å². The Morgan fingerprint density at radius 1 is 1.60 bits per heavy atom. The van der Waals surface area contributed by atoms with E-state index in [9.17, 15) is 0 Å². The van der Waals surface area contributed by atoms with E-state index in [1.807, 2.05) is 24.9 Å². The van der Waals surface area contributed by atoms with E-state index in [1.165, 1.54) is 11.7 Å². The van der Waals surface area contributed by atoms with Crippen LogP contribution in [0.3, 0.4) is 0 Å². The first-order chi connectivity index (χ1) is 7.31. The maximum Gasteiger partial charge on any atom is 0.110 e. The van der Waals surface area contributed by atoms with Crippen molar-refractivity contribution in [1.82, 2.24) is 23.6 Å². The van der Waals surface area contributed by atoms with Crippen molar-refractivity contribution in [2.75, 3.05) is 7.05 Å². The Labute approximate surface area is 92.5 Å². The second kappa shape index (κ2) is 4.50. The van der Waals surface area contributed by atoms with E-state index in [1.54, 1.807) is 12.4 Å². The lowest BCUT2D eigenvalue weighted by molar-refractivity contribution is 0.554. The van der Waals surface area contributed by atoms with Gasteiger partial charge >= 0.3 is 0 Å². The summed E-state index contributed by atoms with van der Waals surface area (Å²) in [6.07, 6.45) is 6.38. The Balaban J connectivity index is 2.13. The molecule has 2 heterocycles. The van der Waals surface area contributed by atoms with Crippen LogP contribution >= 0.6 is 11.7 Å². The monoisotopic (exact) mass is 223 g/mol. The number of aromatic nitrogens is 4. The van der Waals surface area contributed by atoms with Crippen molar-refractivity contribution in [3.63, 3.8) is 0 Å². The van der Waals surface area contributed by atoms with E-state index in [4.69, 9.17) is 0 Å². The average Bonchev–Trinajstić information content (AvgIpc) is 2.86. The van der Waals surface area contributed by atoms with Crippen molar-refractivity contribution in [3.8, 4) is 0 Å². The zero-order chi connectivity index (χ0) is 10.7. The molecule has 0 fully saturated rings. The van der Waals surface area contributed by atoms with Crippen LogP contribution in [0.4, 0.5) is 0 Å². The van der Waals surface area contributed by atoms with Gasteiger partial charge in [0.1, 0.15) is 5.82 Å². The highest BCUT2D eigenvalue weighted by Crippen LogP contribution is 2.14. The largest absolute Gasteiger partial charge is 0.338 e. The van der Waals surface area contributed by atoms with Gasteiger partial charge in [0, 0.05) is 25.9 Å². The highest BCUT2D eigenvalue weighted by molar-refractivity contribution is 6.99. The van der Waals surface area contributed by atoms with Gasteiger partial charge in [-0.15, -0.1) is 0 Å². The van der Waals surface area contributed by atoms with E-state index in [0.717, 1.165) is 17.9 Å². The third-order valence-corrected chi connectivity index (χ3v) is 2.88. The van der Waals surface area contributed by atoms with Crippen molar-refractivity contribution in [1.29, 1.82) is 0 Å². The van der Waals surface area contributed by atoms with Gasteiger partial charge in [0.25, 0.3) is 0 Å². The van der Waals surface area contributed by atoms with E-state index >= 15 is 0 Å². The number of aryl methyl sites for hydroxylation is 1. The van der Waals surface area contributed by atoms with Crippen LogP contribution in [0.5, 0.6) is 0 Å². The fourth-order valence-corrected chi connectivity index (χ4v) is 1.93. The first-order valence-electron chi connectivity index (χ1n) is 4.72. The highest BCUT2D eigenvalue weighted by Gasteiger charge is 2.14. The third kappa shape index (κ3) is 2.21. The molecule has 0 spiro atoms. The van der Waals surface area contributed by atoms with Crippen molar-refractivity contribution in [3.05, 3.63) is 30.1 Å². The summed E-state index contributed by atoms with van der Waals surface area (Å²) in [6, 6.07) is 0.185. The van der Waals surface area contributed by atoms with Gasteiger partial charge in [-0.2, -0.15) is 8.75 Å². The van der Waals surface area contributed by atoms with E-state index in [2.05, 4.69) is 19.0 Å². The molecule has 2 aromatic heterocycles. The van der Waals surface area contributed by atoms with Crippen molar-refractivity contribution < 1.29 is 0 Å². The molecule has 6 heteroatoms. The van der Waals surface area contributed by atoms with Crippen LogP contribution in [0.15, 0.2) is 18.6 Å². The Kier molecular flexibility index (Phi) is 3.08. The maximum absolute atomic E-state index is 4.29. The van der Waals surface area contributed by atoms with Crippen molar-refractivity contribution >= 4 is 11.7 Å². The summed E-state index contributed by atoms with van der Waals surface area (Å²) >= 11 is 1.23. The van der Waals surface area contributed by atoms with Crippen LogP contribution in [0.1, 0.15) is 17.6 Å². The van der Waals surface area contributed by atoms with E-state index in [-0.39, 0.29) is 6.04 Å². The Morgan fingerprint density at radius 3 is 3.00 bits per heavy atom. The normalized spacial score (nSPS) is 12.9. The summed E-state index contributed by atoms with van der Waals surface area (Å²) in [4.78, 5) is 4.29. The molecular formula is C9H13N5S. The van der Waals surface area contributed by atoms with E-state index in [0.29, 0.717) is 0 Å². The molecule has 0 radical (unpaired) electrons. The van der Waals surface area contributed by atoms with E-state index < -0.39 is 0 Å². The first-order valence-corrected chi connectivity index (χ1v) is 5.45. The van der Waals surface area contributed by atoms with Crippen LogP contribution < -0.4 is 5.32 Å². The number of hydrogen-bond donors (Lipinski definition) is 1. The Morgan fingerprint density at radius 2 is 2.47 bits per heavy atom. The molecule has 15 heavy (non-hydrogen) atoms. The number of nitrogens with zero attached hydrogens (tertiary/aromatic N) is 4. The predicted molar refractivity (Wildman–Crippen MR) is 58.6 cm³/mol. The standard InChI is InChI=1S/C9H13N5S/c1-10-7(8-6-12-15-13-8)5-9-11-3-4-14(9)2/h3-4,6-7,10H,5H2,1-2H3. The first kappa shape index (κ1) is 10.3. The smallest absolute Gasteiger partial charge is 0.110 e. The van der Waals surface area contributed by atoms with Gasteiger partial charge in [-0.1, -0.05) is 0 Å². The fraction of sp³-hybridized carbons (Fsp3) is 0.444. The maximum atomic E-state index is 4.29. The van der Waals surface area contributed by atoms with Crippen LogP contribution in [0.2, 0.25) is 0 Å². The number of likely N-dealkylation sites (N-methyl/N-ethyl adjacent to an activating group) is 1. The van der Waals surface area contributed by atoms with Gasteiger partial charge in [-0.25, -0.2) is 4.98 Å². The number of hydrogen-bond acceptors (Lipinski definition) is 5. The summed E-state index contributed by atoms with van der Waals surface area (Å²) in [6.45, 7) is 0. The van der Waals surface area contributed by atoms with Crippen LogP contribution in [0, 0.1) is 0 Å². The molecule has 0 aliphatic carbocycles. The zero-order valence-electron chi connectivity index (χ0n) is 8.71. The molecule has 0 saturated heterocycles. The average molecular weight is 223 g/mol. The molecule has 0 bridgehead atoms. The lowest BCUT2D eigenvalue weighted by Gasteiger charge is -2.12. The lowest BCUT2D eigenvalue weighted by atomic mass is 10.1. The molecule has 5 nitrogen and oxygen atoms in total. The minimum Gasteiger partial charge on any atom is -0.338 e. The third-order valence-electron chi connectivity index (χ3n) is 2.39. The zero-order valence-corrected chi connectivity index (χ0v) is 9.53. The van der Waals surface area contributed by atoms with Gasteiger partial charge in [-0.05, 0) is 7.05 Å². The Hall–Kier alpha value is -1.27. The molecule has 0 aromatic carbocycles. The summed E-state index contributed by atoms with van der Waals surface area (Å²) in [5.41, 5.74) is 0.977. The van der Waals surface area contributed by atoms with Gasteiger partial charge in [0.2, 0.25) is 0 Å². The van der Waals surface area contributed by atoms with Gasteiger partial charge in [0.05, 0.1) is 29.7 Å². The van der Waals surface area contributed by atoms with Gasteiger partial charge in [-0.3, -0.25) is 0 Å². The molecule has 80 valence electrons. The molecule has 2 rings (SSSR count). The fourth-order valence-electron chi connectivity index (χ4n) is 1.46. The molecule has 1 unspecified atom stereocenters. The second-order valence-corrected chi connectivity index (χ2v) is 3.89. The second-order valence-electron chi connectivity index (χ2n) is 3.33. The Bertz CT molecular complexity index is 408. The summed E-state index contributed by atoms with van der Waals surface area (Å²) < 4.78 is 10.3. The molecule has 1 N–H and O–H groups in total. The summed E-state index contributed by atoms with van der Waals surface area (Å²) in [5, 5.41) is 3.22. The molecule has 0 aliphatic heterocycles. The summed E-state index contributed by atoms with van der Waals surface area (Å²) in [5.74, 6) is 1.04. The molecule has 0 aliphatic rings. The number of rotatable bonds is 4. The highest BCUT2D eigenvalue weighted by atomic mass is 32.1. The lowest BCUT2D eigenvalue weighted by Crippen LogP contribution is -2.20. The molecular weight excluding hydrogens is 210 g/mol. The van der Waals surface area contributed by atoms with Gasteiger partial charge < -0.3 is 9.88 Å². The minimum atomic E-state index is 0.185. The summed E-state index contributed by atoms with van der Waals surface area (Å²) in [7, 11) is 3.92. The van der Waals surface area contributed by atoms with Crippen molar-refractivity contribution in [2.24, 2.45) is 7.05 Å². The van der Waals surface area contributed by atoms with Crippen LogP contribution in [0.25, 0.3) is 0 Å². The van der Waals surface area contributed by atoms with Gasteiger partial charge in [0.15, 0.2) is 0 Å². The van der Waals surface area contributed by atoms with Crippen LogP contribution in [-0.4, -0.2) is 25.3 Å². The SMILES string of the molecule is CNC(Cc1nccn1C)c1cnsn1.